The van der Waals surface area contributed by atoms with Crippen LogP contribution in [0.25, 0.3) is 0 Å². The second-order valence-electron chi connectivity index (χ2n) is 4.12. The van der Waals surface area contributed by atoms with E-state index in [-0.39, 0.29) is 0 Å². The number of nitrogens with two attached hydrogens (primary N) is 1. The predicted octanol–water partition coefficient (Wildman–Crippen LogP) is 4.72. The van der Waals surface area contributed by atoms with E-state index in [2.05, 4.69) is 43.2 Å². The molecule has 0 aliphatic carbocycles. The van der Waals surface area contributed by atoms with Gasteiger partial charge in [0.2, 0.25) is 0 Å². The molecule has 5 heteroatoms. The number of rotatable bonds is 2. The van der Waals surface area contributed by atoms with Crippen molar-refractivity contribution in [1.29, 1.82) is 5.26 Å². The summed E-state index contributed by atoms with van der Waals surface area (Å²) in [6, 6.07) is 11.5. The summed E-state index contributed by atoms with van der Waals surface area (Å²) < 4.78 is 1.74. The van der Waals surface area contributed by atoms with Crippen molar-refractivity contribution in [2.75, 3.05) is 11.1 Å². The maximum Gasteiger partial charge on any atom is 0.101 e. The summed E-state index contributed by atoms with van der Waals surface area (Å²) in [5.41, 5.74) is 9.78. The van der Waals surface area contributed by atoms with Crippen molar-refractivity contribution in [3.8, 4) is 6.07 Å². The maximum absolute atomic E-state index is 9.15. The Labute approximate surface area is 128 Å². The molecular weight excluding hydrogens is 370 g/mol. The fraction of sp³-hybridized carbons (Fsp3) is 0.0714. The van der Waals surface area contributed by atoms with Crippen molar-refractivity contribution in [1.82, 2.24) is 0 Å². The molecule has 19 heavy (non-hydrogen) atoms. The summed E-state index contributed by atoms with van der Waals surface area (Å²) >= 11 is 6.82. The van der Waals surface area contributed by atoms with Gasteiger partial charge in [-0.3, -0.25) is 0 Å². The number of halogens is 2. The molecule has 2 rings (SSSR count). The standard InChI is InChI=1S/C14H11Br2N3/c1-8-4-14(11(16)6-12(8)18)19-13-3-2-10(15)5-9(13)7-17/h2-6,19H,18H2,1H3. The van der Waals surface area contributed by atoms with Crippen LogP contribution in [0.15, 0.2) is 39.3 Å². The molecule has 0 aliphatic rings. The van der Waals surface area contributed by atoms with Crippen molar-refractivity contribution in [2.45, 2.75) is 6.92 Å². The van der Waals surface area contributed by atoms with Crippen molar-refractivity contribution in [2.24, 2.45) is 0 Å². The molecule has 0 aliphatic heterocycles. The second kappa shape index (κ2) is 5.64. The molecule has 2 aromatic carbocycles. The van der Waals surface area contributed by atoms with Gasteiger partial charge >= 0.3 is 0 Å². The van der Waals surface area contributed by atoms with E-state index in [9.17, 15) is 0 Å². The molecule has 0 spiro atoms. The lowest BCUT2D eigenvalue weighted by Crippen LogP contribution is -1.97. The third kappa shape index (κ3) is 3.09. The number of nitrogens with zero attached hydrogens (tertiary/aromatic N) is 1. The van der Waals surface area contributed by atoms with Crippen molar-refractivity contribution >= 4 is 48.9 Å². The minimum absolute atomic E-state index is 0.579. The molecule has 0 atom stereocenters. The fourth-order valence-corrected chi connectivity index (χ4v) is 2.48. The Balaban J connectivity index is 2.42. The first-order valence-corrected chi connectivity index (χ1v) is 7.12. The van der Waals surface area contributed by atoms with Crippen molar-refractivity contribution in [3.63, 3.8) is 0 Å². The number of hydrogen-bond acceptors (Lipinski definition) is 3. The van der Waals surface area contributed by atoms with E-state index in [4.69, 9.17) is 11.0 Å². The second-order valence-corrected chi connectivity index (χ2v) is 5.89. The van der Waals surface area contributed by atoms with Gasteiger partial charge in [-0.05, 0) is 58.7 Å². The molecule has 2 aromatic rings. The summed E-state index contributed by atoms with van der Waals surface area (Å²) in [7, 11) is 0. The van der Waals surface area contributed by atoms with Crippen LogP contribution in [0.2, 0.25) is 0 Å². The van der Waals surface area contributed by atoms with Gasteiger partial charge in [0.25, 0.3) is 0 Å². The average Bonchev–Trinajstić information content (AvgIpc) is 2.37. The van der Waals surface area contributed by atoms with Crippen LogP contribution in [0.3, 0.4) is 0 Å². The molecule has 0 saturated carbocycles. The first kappa shape index (κ1) is 13.9. The van der Waals surface area contributed by atoms with E-state index in [1.54, 1.807) is 6.07 Å². The molecular formula is C14H11Br2N3. The molecule has 96 valence electrons. The number of benzene rings is 2. The Bertz CT molecular complexity index is 675. The van der Waals surface area contributed by atoms with Crippen LogP contribution in [0.5, 0.6) is 0 Å². The lowest BCUT2D eigenvalue weighted by atomic mass is 10.1. The van der Waals surface area contributed by atoms with Crippen molar-refractivity contribution < 1.29 is 0 Å². The van der Waals surface area contributed by atoms with Gasteiger partial charge in [0, 0.05) is 14.6 Å². The third-order valence-electron chi connectivity index (χ3n) is 2.73. The zero-order valence-electron chi connectivity index (χ0n) is 10.2. The largest absolute Gasteiger partial charge is 0.398 e. The highest BCUT2D eigenvalue weighted by molar-refractivity contribution is 9.10. The van der Waals surface area contributed by atoms with Crippen LogP contribution in [0, 0.1) is 18.3 Å². The molecule has 0 bridgehead atoms. The van der Waals surface area contributed by atoms with Gasteiger partial charge in [-0.25, -0.2) is 0 Å². The normalized spacial score (nSPS) is 10.0. The number of anilines is 3. The Hall–Kier alpha value is -1.51. The quantitative estimate of drug-likeness (QED) is 0.741. The van der Waals surface area contributed by atoms with Gasteiger partial charge in [-0.1, -0.05) is 15.9 Å². The Morgan fingerprint density at radius 3 is 2.58 bits per heavy atom. The first-order valence-electron chi connectivity index (χ1n) is 5.53. The minimum atomic E-state index is 0.579. The third-order valence-corrected chi connectivity index (χ3v) is 3.88. The predicted molar refractivity (Wildman–Crippen MR) is 85.4 cm³/mol. The fourth-order valence-electron chi connectivity index (χ4n) is 1.66. The Morgan fingerprint density at radius 1 is 1.16 bits per heavy atom. The smallest absolute Gasteiger partial charge is 0.101 e. The lowest BCUT2D eigenvalue weighted by Gasteiger charge is -2.12. The van der Waals surface area contributed by atoms with E-state index >= 15 is 0 Å². The SMILES string of the molecule is Cc1cc(Nc2ccc(Br)cc2C#N)c(Br)cc1N. The van der Waals surface area contributed by atoms with Gasteiger partial charge < -0.3 is 11.1 Å². The molecule has 0 aromatic heterocycles. The molecule has 0 heterocycles. The molecule has 0 radical (unpaired) electrons. The average molecular weight is 381 g/mol. The Morgan fingerprint density at radius 2 is 1.89 bits per heavy atom. The van der Waals surface area contributed by atoms with E-state index < -0.39 is 0 Å². The molecule has 0 fully saturated rings. The number of nitrogens with one attached hydrogen (secondary N) is 1. The summed E-state index contributed by atoms with van der Waals surface area (Å²) in [6.45, 7) is 1.94. The van der Waals surface area contributed by atoms with Crippen LogP contribution >= 0.6 is 31.9 Å². The summed E-state index contributed by atoms with van der Waals surface area (Å²) in [5, 5.41) is 12.4. The molecule has 3 N–H and O–H groups in total. The molecule has 0 amide bonds. The maximum atomic E-state index is 9.15. The van der Waals surface area contributed by atoms with E-state index in [0.717, 1.165) is 31.6 Å². The van der Waals surface area contributed by atoms with E-state index in [0.29, 0.717) is 5.56 Å². The van der Waals surface area contributed by atoms with Crippen LogP contribution < -0.4 is 11.1 Å². The van der Waals surface area contributed by atoms with Crippen LogP contribution in [0.1, 0.15) is 11.1 Å². The van der Waals surface area contributed by atoms with E-state index in [1.165, 1.54) is 0 Å². The highest BCUT2D eigenvalue weighted by Gasteiger charge is 2.07. The monoisotopic (exact) mass is 379 g/mol. The molecule has 3 nitrogen and oxygen atoms in total. The summed E-state index contributed by atoms with van der Waals surface area (Å²) in [6.07, 6.45) is 0. The van der Waals surface area contributed by atoms with Gasteiger partial charge in [0.15, 0.2) is 0 Å². The zero-order chi connectivity index (χ0) is 14.0. The molecule has 0 saturated heterocycles. The number of aryl methyl sites for hydroxylation is 1. The zero-order valence-corrected chi connectivity index (χ0v) is 13.3. The minimum Gasteiger partial charge on any atom is -0.398 e. The highest BCUT2D eigenvalue weighted by atomic mass is 79.9. The summed E-state index contributed by atoms with van der Waals surface area (Å²) in [5.74, 6) is 0. The van der Waals surface area contributed by atoms with Gasteiger partial charge in [-0.15, -0.1) is 0 Å². The number of hydrogen-bond donors (Lipinski definition) is 2. The van der Waals surface area contributed by atoms with Gasteiger partial charge in [-0.2, -0.15) is 5.26 Å². The molecule has 0 unspecified atom stereocenters. The van der Waals surface area contributed by atoms with Crippen LogP contribution in [0.4, 0.5) is 17.1 Å². The van der Waals surface area contributed by atoms with Crippen molar-refractivity contribution in [3.05, 3.63) is 50.4 Å². The lowest BCUT2D eigenvalue weighted by molar-refractivity contribution is 1.41. The van der Waals surface area contributed by atoms with Gasteiger partial charge in [0.1, 0.15) is 6.07 Å². The summed E-state index contributed by atoms with van der Waals surface area (Å²) in [4.78, 5) is 0. The highest BCUT2D eigenvalue weighted by Crippen LogP contribution is 2.31. The first-order chi connectivity index (χ1) is 9.01. The van der Waals surface area contributed by atoms with Crippen LogP contribution in [-0.2, 0) is 0 Å². The van der Waals surface area contributed by atoms with E-state index in [1.807, 2.05) is 31.2 Å². The number of nitrogen functional groups attached to an aromatic ring is 1. The topological polar surface area (TPSA) is 61.8 Å². The van der Waals surface area contributed by atoms with Crippen LogP contribution in [-0.4, -0.2) is 0 Å². The number of nitriles is 1. The Kier molecular flexibility index (Phi) is 4.13. The van der Waals surface area contributed by atoms with Gasteiger partial charge in [0.05, 0.1) is 16.9 Å².